The summed E-state index contributed by atoms with van der Waals surface area (Å²) in [7, 11) is 7.02. The predicted octanol–water partition coefficient (Wildman–Crippen LogP) is -3.05. The molecule has 0 fully saturated rings. The molecule has 0 saturated carbocycles. The van der Waals surface area contributed by atoms with E-state index in [1.54, 1.807) is 38.0 Å². The van der Waals surface area contributed by atoms with Crippen molar-refractivity contribution in [1.82, 2.24) is 9.80 Å². The van der Waals surface area contributed by atoms with Crippen LogP contribution in [-0.4, -0.2) is 66.8 Å². The first-order valence-corrected chi connectivity index (χ1v) is 5.23. The van der Waals surface area contributed by atoms with E-state index in [4.69, 9.17) is 33.1 Å². The summed E-state index contributed by atoms with van der Waals surface area (Å²) in [6.07, 6.45) is 0.486. The number of rotatable bonds is 4. The average Bonchev–Trinajstić information content (AvgIpc) is 2.16. The largest absolute Gasteiger partial charge is 1.00 e. The van der Waals surface area contributed by atoms with Gasteiger partial charge in [-0.1, -0.05) is 0 Å². The number of nitrogens with one attached hydrogen (secondary N) is 4. The second-order valence-corrected chi connectivity index (χ2v) is 4.09. The van der Waals surface area contributed by atoms with Crippen LogP contribution < -0.4 is 41.0 Å². The number of hydrogen-bond donors (Lipinski definition) is 6. The van der Waals surface area contributed by atoms with Gasteiger partial charge in [-0.2, -0.15) is 0 Å². The molecular formula is C10H26ClN8NaO. The van der Waals surface area contributed by atoms with Crippen LogP contribution in [0.1, 0.15) is 12.8 Å². The first kappa shape index (κ1) is 32.2. The second-order valence-electron chi connectivity index (χ2n) is 4.09. The van der Waals surface area contributed by atoms with Crippen molar-refractivity contribution in [3.05, 3.63) is 0 Å². The Morgan fingerprint density at radius 2 is 0.952 bits per heavy atom. The molecule has 0 aromatic heterocycles. The summed E-state index contributed by atoms with van der Waals surface area (Å²) in [5.74, 6) is 0.799. The van der Waals surface area contributed by atoms with Gasteiger partial charge < -0.3 is 26.7 Å². The smallest absolute Gasteiger partial charge is 0.870 e. The van der Waals surface area contributed by atoms with E-state index < -0.39 is 0 Å². The summed E-state index contributed by atoms with van der Waals surface area (Å²) in [5.41, 5.74) is 10.1. The number of nitrogens with two attached hydrogens (primary N) is 2. The Hall–Kier alpha value is -0.870. The van der Waals surface area contributed by atoms with Crippen molar-refractivity contribution in [3.8, 4) is 0 Å². The van der Waals surface area contributed by atoms with Crippen LogP contribution in [0.25, 0.3) is 0 Å². The summed E-state index contributed by atoms with van der Waals surface area (Å²) in [6, 6.07) is 0. The molecule has 11 heteroatoms. The van der Waals surface area contributed by atoms with E-state index >= 15 is 0 Å². The zero-order valence-electron chi connectivity index (χ0n) is 13.3. The number of nitrogens with zero attached hydrogens (tertiary/aromatic N) is 2. The molecule has 9 N–H and O–H groups in total. The van der Waals surface area contributed by atoms with Crippen molar-refractivity contribution in [3.63, 3.8) is 0 Å². The number of amidine groups is 4. The quantitative estimate of drug-likeness (QED) is 0.181. The first-order chi connectivity index (χ1) is 8.07. The molecule has 120 valence electrons. The van der Waals surface area contributed by atoms with Crippen LogP contribution in [0.2, 0.25) is 0 Å². The average molecular weight is 333 g/mol. The van der Waals surface area contributed by atoms with Crippen molar-refractivity contribution < 1.29 is 35.0 Å². The summed E-state index contributed by atoms with van der Waals surface area (Å²) < 4.78 is 0. The Morgan fingerprint density at radius 3 is 1.00 bits per heavy atom. The van der Waals surface area contributed by atoms with E-state index in [9.17, 15) is 0 Å². The molecule has 0 radical (unpaired) electrons. The molecule has 0 heterocycles. The molecule has 0 aromatic rings. The molecular weight excluding hydrogens is 307 g/mol. The van der Waals surface area contributed by atoms with Crippen LogP contribution in [0.3, 0.4) is 0 Å². The summed E-state index contributed by atoms with van der Waals surface area (Å²) in [5, 5.41) is 28.0. The third-order valence-corrected chi connectivity index (χ3v) is 1.80. The van der Waals surface area contributed by atoms with Crippen molar-refractivity contribution in [1.29, 1.82) is 21.6 Å². The molecule has 0 unspecified atom stereocenters. The molecule has 9 nitrogen and oxygen atoms in total. The Labute approximate surface area is 154 Å². The summed E-state index contributed by atoms with van der Waals surface area (Å²) in [4.78, 5) is 3.25. The van der Waals surface area contributed by atoms with Gasteiger partial charge in [-0.05, 0) is 0 Å². The van der Waals surface area contributed by atoms with Gasteiger partial charge in [0.2, 0.25) is 0 Å². The minimum absolute atomic E-state index is 0. The fraction of sp³-hybridized carbons (Fsp3) is 0.600. The Balaban J connectivity index is -0.0000000711. The maximum Gasteiger partial charge on any atom is 1.00 e. The van der Waals surface area contributed by atoms with Gasteiger partial charge in [0, 0.05) is 28.2 Å². The molecule has 0 aliphatic heterocycles. The summed E-state index contributed by atoms with van der Waals surface area (Å²) >= 11 is 0. The molecule has 0 spiro atoms. The zero-order valence-corrected chi connectivity index (χ0v) is 16.1. The molecule has 0 amide bonds. The number of hydrogen-bond acceptors (Lipinski definition) is 5. The fourth-order valence-electron chi connectivity index (χ4n) is 0.677. The molecule has 0 rings (SSSR count). The Morgan fingerprint density at radius 1 is 0.762 bits per heavy atom. The van der Waals surface area contributed by atoms with E-state index in [0.717, 1.165) is 0 Å². The van der Waals surface area contributed by atoms with E-state index in [1.165, 1.54) is 0 Å². The standard InChI is InChI=1S/2C5H12N4.ClH.Na.H2O/c2*1-9(2)5(8)3-4(6)7;;;/h2*8H,3H2,1-2H3,(H3,6,7);1H;;1H2/q;;;+1;/p-1. The molecule has 21 heavy (non-hydrogen) atoms. The van der Waals surface area contributed by atoms with E-state index in [-0.39, 0.29) is 72.0 Å². The van der Waals surface area contributed by atoms with Crippen LogP contribution in [-0.2, 0) is 0 Å². The van der Waals surface area contributed by atoms with E-state index in [1.807, 2.05) is 0 Å². The van der Waals surface area contributed by atoms with Gasteiger partial charge in [-0.25, -0.2) is 0 Å². The zero-order chi connectivity index (χ0) is 14.9. The SMILES string of the molecule is CN(C)C(=N)CC(=N)N.CN(C)C(=N)CC(=N)N.Cl.[Na+].[OH-]. The minimum Gasteiger partial charge on any atom is -0.870 e. The normalized spacial score (nSPS) is 7.43. The topological polar surface area (TPSA) is 184 Å². The molecule has 0 aliphatic rings. The van der Waals surface area contributed by atoms with Gasteiger partial charge in [0.05, 0.1) is 24.5 Å². The van der Waals surface area contributed by atoms with E-state index in [2.05, 4.69) is 0 Å². The van der Waals surface area contributed by atoms with Gasteiger partial charge in [0.15, 0.2) is 0 Å². The first-order valence-electron chi connectivity index (χ1n) is 5.23. The van der Waals surface area contributed by atoms with Crippen LogP contribution in [0, 0.1) is 21.6 Å². The Bertz CT molecular complexity index is 303. The van der Waals surface area contributed by atoms with Crippen LogP contribution in [0.15, 0.2) is 0 Å². The van der Waals surface area contributed by atoms with Crippen molar-refractivity contribution in [2.75, 3.05) is 28.2 Å². The monoisotopic (exact) mass is 332 g/mol. The summed E-state index contributed by atoms with van der Waals surface area (Å²) in [6.45, 7) is 0. The minimum atomic E-state index is 0. The van der Waals surface area contributed by atoms with Gasteiger partial charge in [-0.3, -0.25) is 21.6 Å². The second kappa shape index (κ2) is 17.2. The predicted molar refractivity (Wildman–Crippen MR) is 85.1 cm³/mol. The maximum absolute atomic E-state index is 7.18. The molecule has 0 saturated heterocycles. The van der Waals surface area contributed by atoms with Crippen molar-refractivity contribution in [2.45, 2.75) is 12.8 Å². The van der Waals surface area contributed by atoms with Crippen molar-refractivity contribution >= 4 is 35.7 Å². The van der Waals surface area contributed by atoms with Crippen LogP contribution in [0.5, 0.6) is 0 Å². The van der Waals surface area contributed by atoms with Gasteiger partial charge in [-0.15, -0.1) is 12.4 Å². The van der Waals surface area contributed by atoms with E-state index in [0.29, 0.717) is 11.7 Å². The van der Waals surface area contributed by atoms with Crippen LogP contribution >= 0.6 is 12.4 Å². The van der Waals surface area contributed by atoms with Gasteiger partial charge in [0.1, 0.15) is 11.7 Å². The third-order valence-electron chi connectivity index (χ3n) is 1.80. The maximum atomic E-state index is 7.18. The van der Waals surface area contributed by atoms with Crippen molar-refractivity contribution in [2.24, 2.45) is 11.5 Å². The molecule has 0 aliphatic carbocycles. The van der Waals surface area contributed by atoms with Gasteiger partial charge in [0.25, 0.3) is 0 Å². The molecule has 0 bridgehead atoms. The fourth-order valence-corrected chi connectivity index (χ4v) is 0.677. The molecule has 0 atom stereocenters. The third kappa shape index (κ3) is 24.5. The molecule has 0 aromatic carbocycles. The van der Waals surface area contributed by atoms with Crippen LogP contribution in [0.4, 0.5) is 0 Å². The Kier molecular flexibility index (Phi) is 26.3. The number of halogens is 1. The van der Waals surface area contributed by atoms with Gasteiger partial charge >= 0.3 is 29.6 Å².